The average molecular weight is 418 g/mol. The number of carboxylic acids is 1. The molecule has 0 atom stereocenters. The number of allylic oxidation sites excluding steroid dienone is 1. The van der Waals surface area contributed by atoms with Crippen LogP contribution in [0.5, 0.6) is 0 Å². The summed E-state index contributed by atoms with van der Waals surface area (Å²) in [6.07, 6.45) is 4.77. The minimum Gasteiger partial charge on any atom is -0.478 e. The van der Waals surface area contributed by atoms with Gasteiger partial charge in [-0.05, 0) is 44.2 Å². The topological polar surface area (TPSA) is 127 Å². The number of amidine groups is 2. The lowest BCUT2D eigenvalue weighted by Gasteiger charge is -2.20. The summed E-state index contributed by atoms with van der Waals surface area (Å²) in [5, 5.41) is 25.1. The summed E-state index contributed by atoms with van der Waals surface area (Å²) in [7, 11) is 0. The van der Waals surface area contributed by atoms with Crippen molar-refractivity contribution in [3.05, 3.63) is 53.8 Å². The van der Waals surface area contributed by atoms with Gasteiger partial charge in [-0.2, -0.15) is 0 Å². The molecule has 0 aromatic heterocycles. The lowest BCUT2D eigenvalue weighted by molar-refractivity contribution is 0.0693. The molecule has 8 heteroatoms. The molecule has 0 amide bonds. The Labute approximate surface area is 177 Å². The summed E-state index contributed by atoms with van der Waals surface area (Å²) < 4.78 is 0. The van der Waals surface area contributed by atoms with Crippen LogP contribution in [0.2, 0.25) is 0 Å². The number of aliphatic imine (C=N–C) groups is 1. The van der Waals surface area contributed by atoms with Crippen molar-refractivity contribution >= 4 is 35.7 Å². The van der Waals surface area contributed by atoms with Crippen molar-refractivity contribution in [3.8, 4) is 0 Å². The standard InChI is InChI=1S/C19H25N5O2S.C2H6/c1-4-15(23-17(21)5-2)18(22)24(12-20)9-6-10-27-16-8-7-13(3)11-14(16)19(25)26;1-2/h4-5,7-8,11-12,20,22H,2,6,9-10H2,1,3H3,(H2,21,23)(H,25,26);1-2H3/b15-4-,20-12?,22-18?;. The maximum absolute atomic E-state index is 11.4. The third kappa shape index (κ3) is 8.78. The van der Waals surface area contributed by atoms with Gasteiger partial charge in [0.05, 0.1) is 11.9 Å². The number of nitrogens with zero attached hydrogens (tertiary/aromatic N) is 2. The van der Waals surface area contributed by atoms with E-state index in [-0.39, 0.29) is 11.7 Å². The molecule has 0 saturated heterocycles. The Kier molecular flexibility index (Phi) is 12.8. The molecule has 29 heavy (non-hydrogen) atoms. The van der Waals surface area contributed by atoms with E-state index in [1.54, 1.807) is 19.1 Å². The fourth-order valence-corrected chi connectivity index (χ4v) is 3.14. The monoisotopic (exact) mass is 417 g/mol. The summed E-state index contributed by atoms with van der Waals surface area (Å²) in [6.45, 7) is 11.6. The maximum atomic E-state index is 11.4. The Morgan fingerprint density at radius 3 is 2.59 bits per heavy atom. The van der Waals surface area contributed by atoms with E-state index in [1.165, 1.54) is 22.7 Å². The van der Waals surface area contributed by atoms with Gasteiger partial charge in [-0.3, -0.25) is 10.8 Å². The highest BCUT2D eigenvalue weighted by molar-refractivity contribution is 7.99. The van der Waals surface area contributed by atoms with Crippen LogP contribution in [0.25, 0.3) is 0 Å². The third-order valence-corrected chi connectivity index (χ3v) is 4.74. The van der Waals surface area contributed by atoms with Gasteiger partial charge in [-0.1, -0.05) is 38.1 Å². The van der Waals surface area contributed by atoms with Crippen molar-refractivity contribution in [1.82, 2.24) is 4.90 Å². The Balaban J connectivity index is 0.00000379. The molecule has 0 saturated carbocycles. The number of hydrogen-bond acceptors (Lipinski definition) is 5. The normalized spacial score (nSPS) is 11.2. The van der Waals surface area contributed by atoms with Crippen LogP contribution in [-0.4, -0.2) is 46.3 Å². The van der Waals surface area contributed by atoms with Gasteiger partial charge < -0.3 is 15.7 Å². The minimum atomic E-state index is -0.945. The Morgan fingerprint density at radius 2 is 2.07 bits per heavy atom. The first-order chi connectivity index (χ1) is 13.8. The van der Waals surface area contributed by atoms with Gasteiger partial charge in [0.1, 0.15) is 11.5 Å². The van der Waals surface area contributed by atoms with Crippen LogP contribution in [0.1, 0.15) is 43.1 Å². The Hall–Kier alpha value is -2.87. The number of carbonyl (C=O) groups is 1. The highest BCUT2D eigenvalue weighted by Crippen LogP contribution is 2.24. The number of aromatic carboxylic acids is 1. The number of nitrogens with one attached hydrogen (secondary N) is 2. The zero-order chi connectivity index (χ0) is 22.4. The summed E-state index contributed by atoms with van der Waals surface area (Å²) >= 11 is 1.45. The number of benzene rings is 1. The molecular formula is C21H31N5O2S. The first kappa shape index (κ1) is 26.1. The second kappa shape index (κ2) is 14.2. The molecule has 1 aromatic rings. The molecule has 5 N–H and O–H groups in total. The van der Waals surface area contributed by atoms with Gasteiger partial charge in [0.15, 0.2) is 5.84 Å². The summed E-state index contributed by atoms with van der Waals surface area (Å²) in [4.78, 5) is 17.6. The Bertz CT molecular complexity index is 787. The quantitative estimate of drug-likeness (QED) is 0.192. The first-order valence-electron chi connectivity index (χ1n) is 9.29. The van der Waals surface area contributed by atoms with Crippen molar-refractivity contribution in [3.63, 3.8) is 0 Å². The van der Waals surface area contributed by atoms with Crippen LogP contribution in [0.4, 0.5) is 0 Å². The zero-order valence-electron chi connectivity index (χ0n) is 17.5. The summed E-state index contributed by atoms with van der Waals surface area (Å²) in [6, 6.07) is 5.35. The van der Waals surface area contributed by atoms with Gasteiger partial charge >= 0.3 is 5.97 Å². The van der Waals surface area contributed by atoms with Crippen molar-refractivity contribution in [2.24, 2.45) is 10.7 Å². The van der Waals surface area contributed by atoms with Crippen molar-refractivity contribution in [2.75, 3.05) is 12.3 Å². The summed E-state index contributed by atoms with van der Waals surface area (Å²) in [5.74, 6) is -0.0123. The largest absolute Gasteiger partial charge is 0.478 e. The predicted molar refractivity (Wildman–Crippen MR) is 124 cm³/mol. The lowest BCUT2D eigenvalue weighted by Crippen LogP contribution is -2.31. The van der Waals surface area contributed by atoms with Crippen LogP contribution in [0.15, 0.2) is 52.5 Å². The van der Waals surface area contributed by atoms with E-state index in [0.29, 0.717) is 34.9 Å². The van der Waals surface area contributed by atoms with E-state index in [1.807, 2.05) is 32.9 Å². The highest BCUT2D eigenvalue weighted by atomic mass is 32.2. The van der Waals surface area contributed by atoms with Gasteiger partial charge in [-0.25, -0.2) is 9.79 Å². The van der Waals surface area contributed by atoms with Gasteiger partial charge in [0.2, 0.25) is 0 Å². The van der Waals surface area contributed by atoms with E-state index in [4.69, 9.17) is 16.6 Å². The van der Waals surface area contributed by atoms with Crippen molar-refractivity contribution < 1.29 is 9.90 Å². The smallest absolute Gasteiger partial charge is 0.336 e. The Morgan fingerprint density at radius 1 is 1.41 bits per heavy atom. The predicted octanol–water partition coefficient (Wildman–Crippen LogP) is 4.53. The molecule has 0 fully saturated rings. The van der Waals surface area contributed by atoms with Gasteiger partial charge in [0, 0.05) is 11.4 Å². The molecule has 1 rings (SSSR count). The number of thioether (sulfide) groups is 1. The third-order valence-electron chi connectivity index (χ3n) is 3.58. The number of aryl methyl sites for hydroxylation is 1. The van der Waals surface area contributed by atoms with E-state index in [9.17, 15) is 9.90 Å². The second-order valence-electron chi connectivity index (χ2n) is 5.59. The van der Waals surface area contributed by atoms with Crippen LogP contribution in [-0.2, 0) is 0 Å². The van der Waals surface area contributed by atoms with Crippen LogP contribution < -0.4 is 5.73 Å². The molecule has 0 aliphatic carbocycles. The molecule has 0 aliphatic rings. The maximum Gasteiger partial charge on any atom is 0.336 e. The molecule has 0 unspecified atom stereocenters. The summed E-state index contributed by atoms with van der Waals surface area (Å²) in [5.41, 5.74) is 7.18. The van der Waals surface area contributed by atoms with Gasteiger partial charge in [0.25, 0.3) is 0 Å². The lowest BCUT2D eigenvalue weighted by atomic mass is 10.1. The van der Waals surface area contributed by atoms with E-state index >= 15 is 0 Å². The average Bonchev–Trinajstić information content (AvgIpc) is 2.73. The number of hydrogen-bond donors (Lipinski definition) is 4. The SMILES string of the molecule is C=CC(N)=N/C(=C\C)C(=N)N(C=N)CCCSc1ccc(C)cc1C(=O)O.CC. The molecule has 1 aromatic carbocycles. The molecule has 0 spiro atoms. The highest BCUT2D eigenvalue weighted by Gasteiger charge is 2.13. The molecular weight excluding hydrogens is 386 g/mol. The van der Waals surface area contributed by atoms with Crippen molar-refractivity contribution in [1.29, 1.82) is 10.8 Å². The molecule has 158 valence electrons. The number of nitrogens with two attached hydrogens (primary N) is 1. The fourth-order valence-electron chi connectivity index (χ4n) is 2.18. The van der Waals surface area contributed by atoms with Crippen molar-refractivity contribution in [2.45, 2.75) is 39.0 Å². The fraction of sp³-hybridized carbons (Fsp3) is 0.333. The van der Waals surface area contributed by atoms with E-state index < -0.39 is 5.97 Å². The van der Waals surface area contributed by atoms with Crippen LogP contribution >= 0.6 is 11.8 Å². The number of carboxylic acid groups (broad SMARTS) is 1. The molecule has 7 nitrogen and oxygen atoms in total. The second-order valence-corrected chi connectivity index (χ2v) is 6.73. The van der Waals surface area contributed by atoms with E-state index in [2.05, 4.69) is 11.6 Å². The number of rotatable bonds is 10. The van der Waals surface area contributed by atoms with Crippen LogP contribution in [0, 0.1) is 17.7 Å². The molecule has 0 heterocycles. The first-order valence-corrected chi connectivity index (χ1v) is 10.3. The molecule has 0 radical (unpaired) electrons. The molecule has 0 aliphatic heterocycles. The van der Waals surface area contributed by atoms with Gasteiger partial charge in [-0.15, -0.1) is 11.8 Å². The van der Waals surface area contributed by atoms with Crippen LogP contribution in [0.3, 0.4) is 0 Å². The zero-order valence-corrected chi connectivity index (χ0v) is 18.3. The minimum absolute atomic E-state index is 0.0730. The van der Waals surface area contributed by atoms with E-state index in [0.717, 1.165) is 11.9 Å². The molecule has 0 bridgehead atoms.